The van der Waals surface area contributed by atoms with Gasteiger partial charge >= 0.3 is 0 Å². The molecule has 0 aliphatic heterocycles. The highest BCUT2D eigenvalue weighted by molar-refractivity contribution is 5.75. The van der Waals surface area contributed by atoms with Gasteiger partial charge in [-0.2, -0.15) is 0 Å². The summed E-state index contributed by atoms with van der Waals surface area (Å²) < 4.78 is 5.12. The van der Waals surface area contributed by atoms with Gasteiger partial charge in [0, 0.05) is 0 Å². The van der Waals surface area contributed by atoms with Crippen molar-refractivity contribution in [3.05, 3.63) is 17.2 Å². The number of methoxy groups -OCH3 is 1. The van der Waals surface area contributed by atoms with Crippen LogP contribution < -0.4 is 16.2 Å². The molecule has 0 saturated heterocycles. The van der Waals surface area contributed by atoms with Gasteiger partial charge in [-0.15, -0.1) is 0 Å². The average molecular weight is 180 g/mol. The Morgan fingerprint density at radius 3 is 2.38 bits per heavy atom. The van der Waals surface area contributed by atoms with Crippen molar-refractivity contribution < 1.29 is 4.74 Å². The molecule has 0 aliphatic rings. The molecule has 0 aliphatic carbocycles. The first-order valence-electron chi connectivity index (χ1n) is 4.33. The molecule has 13 heavy (non-hydrogen) atoms. The smallest absolute Gasteiger partial charge is 0.144 e. The second-order valence-electron chi connectivity index (χ2n) is 3.04. The summed E-state index contributed by atoms with van der Waals surface area (Å²) in [6, 6.07) is 1.95. The number of nitrogens with two attached hydrogens (primary N) is 2. The second kappa shape index (κ2) is 3.56. The molecule has 0 saturated carbocycles. The van der Waals surface area contributed by atoms with E-state index in [1.165, 1.54) is 5.56 Å². The topological polar surface area (TPSA) is 61.3 Å². The maximum absolute atomic E-state index is 5.83. The summed E-state index contributed by atoms with van der Waals surface area (Å²) in [6.07, 6.45) is 0.937. The summed E-state index contributed by atoms with van der Waals surface area (Å²) >= 11 is 0. The predicted octanol–water partition coefficient (Wildman–Crippen LogP) is 1.73. The maximum atomic E-state index is 5.83. The van der Waals surface area contributed by atoms with Crippen molar-refractivity contribution in [3.63, 3.8) is 0 Å². The van der Waals surface area contributed by atoms with Gasteiger partial charge in [-0.25, -0.2) is 0 Å². The van der Waals surface area contributed by atoms with Crippen molar-refractivity contribution in [1.29, 1.82) is 0 Å². The van der Waals surface area contributed by atoms with Crippen LogP contribution in [0.25, 0.3) is 0 Å². The summed E-state index contributed by atoms with van der Waals surface area (Å²) in [5.41, 5.74) is 15.0. The SMILES string of the molecule is CCc1cc(OC)c(N)c(N)c1C. The molecule has 0 heterocycles. The van der Waals surface area contributed by atoms with Crippen LogP contribution in [0.5, 0.6) is 5.75 Å². The van der Waals surface area contributed by atoms with Crippen molar-refractivity contribution >= 4 is 11.4 Å². The third-order valence-electron chi connectivity index (χ3n) is 2.35. The number of benzene rings is 1. The van der Waals surface area contributed by atoms with Crippen LogP contribution in [-0.2, 0) is 6.42 Å². The first-order valence-corrected chi connectivity index (χ1v) is 4.33. The van der Waals surface area contributed by atoms with Crippen LogP contribution in [0.4, 0.5) is 11.4 Å². The third kappa shape index (κ3) is 1.54. The van der Waals surface area contributed by atoms with Crippen molar-refractivity contribution in [1.82, 2.24) is 0 Å². The van der Waals surface area contributed by atoms with Gasteiger partial charge in [-0.05, 0) is 30.5 Å². The lowest BCUT2D eigenvalue weighted by molar-refractivity contribution is 0.416. The molecule has 1 aromatic rings. The molecule has 0 amide bonds. The number of aryl methyl sites for hydroxylation is 1. The van der Waals surface area contributed by atoms with E-state index >= 15 is 0 Å². The Hall–Kier alpha value is -1.38. The molecule has 3 nitrogen and oxygen atoms in total. The lowest BCUT2D eigenvalue weighted by Crippen LogP contribution is -2.03. The van der Waals surface area contributed by atoms with E-state index in [0.29, 0.717) is 17.1 Å². The molecular formula is C10H16N2O. The van der Waals surface area contributed by atoms with Crippen molar-refractivity contribution in [3.8, 4) is 5.75 Å². The van der Waals surface area contributed by atoms with Crippen LogP contribution >= 0.6 is 0 Å². The fourth-order valence-corrected chi connectivity index (χ4v) is 1.39. The molecule has 0 atom stereocenters. The number of anilines is 2. The highest BCUT2D eigenvalue weighted by Crippen LogP contribution is 2.33. The number of hydrogen-bond acceptors (Lipinski definition) is 3. The number of hydrogen-bond donors (Lipinski definition) is 2. The monoisotopic (exact) mass is 180 g/mol. The first kappa shape index (κ1) is 9.71. The molecule has 72 valence electrons. The Labute approximate surface area is 78.7 Å². The van der Waals surface area contributed by atoms with Gasteiger partial charge in [0.1, 0.15) is 5.75 Å². The molecule has 0 unspecified atom stereocenters. The van der Waals surface area contributed by atoms with E-state index in [1.54, 1.807) is 7.11 Å². The third-order valence-corrected chi connectivity index (χ3v) is 2.35. The van der Waals surface area contributed by atoms with E-state index in [4.69, 9.17) is 16.2 Å². The van der Waals surface area contributed by atoms with Crippen LogP contribution in [0.3, 0.4) is 0 Å². The van der Waals surface area contributed by atoms with Crippen LogP contribution in [0.15, 0.2) is 6.07 Å². The maximum Gasteiger partial charge on any atom is 0.144 e. The van der Waals surface area contributed by atoms with Crippen LogP contribution in [-0.4, -0.2) is 7.11 Å². The fourth-order valence-electron chi connectivity index (χ4n) is 1.39. The van der Waals surface area contributed by atoms with Crippen molar-refractivity contribution in [2.45, 2.75) is 20.3 Å². The summed E-state index contributed by atoms with van der Waals surface area (Å²) in [6.45, 7) is 4.06. The molecule has 4 N–H and O–H groups in total. The lowest BCUT2D eigenvalue weighted by atomic mass is 10.0. The average Bonchev–Trinajstić information content (AvgIpc) is 2.15. The van der Waals surface area contributed by atoms with E-state index in [9.17, 15) is 0 Å². The van der Waals surface area contributed by atoms with Crippen molar-refractivity contribution in [2.75, 3.05) is 18.6 Å². The summed E-state index contributed by atoms with van der Waals surface area (Å²) in [5.74, 6) is 0.667. The minimum atomic E-state index is 0.539. The molecule has 0 aromatic heterocycles. The van der Waals surface area contributed by atoms with Crippen LogP contribution in [0.2, 0.25) is 0 Å². The number of ether oxygens (including phenoxy) is 1. The molecule has 1 aromatic carbocycles. The Morgan fingerprint density at radius 2 is 1.92 bits per heavy atom. The molecule has 0 radical (unpaired) electrons. The second-order valence-corrected chi connectivity index (χ2v) is 3.04. The number of nitrogen functional groups attached to an aromatic ring is 2. The Bertz CT molecular complexity index is 293. The largest absolute Gasteiger partial charge is 0.495 e. The van der Waals surface area contributed by atoms with E-state index in [2.05, 4.69) is 6.92 Å². The molecule has 0 fully saturated rings. The summed E-state index contributed by atoms with van der Waals surface area (Å²) in [7, 11) is 1.60. The van der Waals surface area contributed by atoms with Gasteiger partial charge in [0.25, 0.3) is 0 Å². The first-order chi connectivity index (χ1) is 6.11. The molecule has 3 heteroatoms. The van der Waals surface area contributed by atoms with Gasteiger partial charge in [0.2, 0.25) is 0 Å². The highest BCUT2D eigenvalue weighted by atomic mass is 16.5. The highest BCUT2D eigenvalue weighted by Gasteiger charge is 2.09. The van der Waals surface area contributed by atoms with Crippen LogP contribution in [0.1, 0.15) is 18.1 Å². The Kier molecular flexibility index (Phi) is 2.66. The van der Waals surface area contributed by atoms with Gasteiger partial charge in [-0.3, -0.25) is 0 Å². The van der Waals surface area contributed by atoms with E-state index in [-0.39, 0.29) is 0 Å². The predicted molar refractivity (Wildman–Crippen MR) is 55.9 cm³/mol. The van der Waals surface area contributed by atoms with Gasteiger partial charge < -0.3 is 16.2 Å². The zero-order valence-electron chi connectivity index (χ0n) is 8.35. The van der Waals surface area contributed by atoms with Crippen LogP contribution in [0, 0.1) is 6.92 Å². The molecular weight excluding hydrogens is 164 g/mol. The zero-order chi connectivity index (χ0) is 10.0. The zero-order valence-corrected chi connectivity index (χ0v) is 8.35. The minimum absolute atomic E-state index is 0.539. The Morgan fingerprint density at radius 1 is 1.31 bits per heavy atom. The van der Waals surface area contributed by atoms with Gasteiger partial charge in [0.15, 0.2) is 0 Å². The molecule has 1 rings (SSSR count). The van der Waals surface area contributed by atoms with E-state index < -0.39 is 0 Å². The normalized spacial score (nSPS) is 10.1. The van der Waals surface area contributed by atoms with E-state index in [1.807, 2.05) is 13.0 Å². The van der Waals surface area contributed by atoms with Gasteiger partial charge in [0.05, 0.1) is 18.5 Å². The Balaban J connectivity index is 3.36. The quantitative estimate of drug-likeness (QED) is 0.681. The standard InChI is InChI=1S/C10H16N2O/c1-4-7-5-8(13-3)10(12)9(11)6(7)2/h5H,4,11-12H2,1-3H3. The number of rotatable bonds is 2. The molecule has 0 spiro atoms. The minimum Gasteiger partial charge on any atom is -0.495 e. The fraction of sp³-hybridized carbons (Fsp3) is 0.400. The van der Waals surface area contributed by atoms with Crippen molar-refractivity contribution in [2.24, 2.45) is 0 Å². The van der Waals surface area contributed by atoms with E-state index in [0.717, 1.165) is 12.0 Å². The van der Waals surface area contributed by atoms with Gasteiger partial charge in [-0.1, -0.05) is 6.92 Å². The lowest BCUT2D eigenvalue weighted by Gasteiger charge is -2.13. The summed E-state index contributed by atoms with van der Waals surface area (Å²) in [5, 5.41) is 0. The summed E-state index contributed by atoms with van der Waals surface area (Å²) in [4.78, 5) is 0. The molecule has 0 bridgehead atoms.